The van der Waals surface area contributed by atoms with Crippen molar-refractivity contribution in [1.29, 1.82) is 0 Å². The molecule has 1 N–H and O–H groups in total. The van der Waals surface area contributed by atoms with E-state index in [1.165, 1.54) is 0 Å². The van der Waals surface area contributed by atoms with Gasteiger partial charge in [-0.25, -0.2) is 22.0 Å². The summed E-state index contributed by atoms with van der Waals surface area (Å²) in [6.07, 6.45) is -0.487. The lowest BCUT2D eigenvalue weighted by Crippen LogP contribution is -2.58. The van der Waals surface area contributed by atoms with Crippen molar-refractivity contribution in [1.82, 2.24) is 9.62 Å². The summed E-state index contributed by atoms with van der Waals surface area (Å²) in [6.45, 7) is 6.11. The number of amides is 1. The van der Waals surface area contributed by atoms with Crippen LogP contribution in [0, 0.1) is 10.1 Å². The van der Waals surface area contributed by atoms with Gasteiger partial charge in [0, 0.05) is 31.6 Å². The first-order valence-corrected chi connectivity index (χ1v) is 13.4. The van der Waals surface area contributed by atoms with Crippen LogP contribution in [0.3, 0.4) is 0 Å². The summed E-state index contributed by atoms with van der Waals surface area (Å²) in [5, 5.41) is 10.8. The first-order valence-electron chi connectivity index (χ1n) is 12.0. The van der Waals surface area contributed by atoms with Gasteiger partial charge < -0.3 is 14.4 Å². The summed E-state index contributed by atoms with van der Waals surface area (Å²) in [6, 6.07) is 2.23. The molecule has 1 aliphatic heterocycles. The predicted octanol–water partition coefficient (Wildman–Crippen LogP) is 4.24. The number of ether oxygens (including phenoxy) is 2. The highest BCUT2D eigenvalue weighted by Crippen LogP contribution is 2.37. The Labute approximate surface area is 209 Å². The minimum atomic E-state index is -4.39. The van der Waals surface area contributed by atoms with Gasteiger partial charge in [-0.05, 0) is 65.0 Å². The maximum atomic E-state index is 14.9. The number of nitrogens with zero attached hydrogens (tertiary/aromatic N) is 2. The van der Waals surface area contributed by atoms with Crippen molar-refractivity contribution >= 4 is 21.8 Å². The molecule has 0 unspecified atom stereocenters. The van der Waals surface area contributed by atoms with Crippen molar-refractivity contribution in [2.75, 3.05) is 13.1 Å². The lowest BCUT2D eigenvalue weighted by atomic mass is 9.89. The van der Waals surface area contributed by atoms with Gasteiger partial charge in [-0.15, -0.1) is 0 Å². The average molecular weight is 534 g/mol. The normalized spacial score (nSPS) is 25.1. The van der Waals surface area contributed by atoms with Crippen LogP contribution in [0.5, 0.6) is 0 Å². The van der Waals surface area contributed by atoms with Gasteiger partial charge in [0.25, 0.3) is 11.6 Å². The third kappa shape index (κ3) is 7.32. The summed E-state index contributed by atoms with van der Waals surface area (Å²) >= 11 is 0. The van der Waals surface area contributed by atoms with Gasteiger partial charge in [0.15, 0.2) is 0 Å². The van der Waals surface area contributed by atoms with E-state index in [9.17, 15) is 32.1 Å². The molecule has 13 heteroatoms. The number of alkyl halides is 2. The Balaban J connectivity index is 1.70. The van der Waals surface area contributed by atoms with Crippen LogP contribution in [0.1, 0.15) is 59.3 Å². The highest BCUT2D eigenvalue weighted by Gasteiger charge is 2.50. The van der Waals surface area contributed by atoms with Crippen molar-refractivity contribution in [3.63, 3.8) is 0 Å². The minimum absolute atomic E-state index is 0.171. The number of nitro groups is 1. The predicted molar refractivity (Wildman–Crippen MR) is 126 cm³/mol. The first kappa shape index (κ1) is 28.2. The number of halogens is 2. The molecule has 1 amide bonds. The number of hydrogen-bond acceptors (Lipinski definition) is 7. The fourth-order valence-corrected chi connectivity index (χ4v) is 5.67. The van der Waals surface area contributed by atoms with Gasteiger partial charge in [-0.1, -0.05) is 0 Å². The van der Waals surface area contributed by atoms with Crippen LogP contribution in [0.25, 0.3) is 0 Å². The standard InChI is InChI=1S/C23H33F2N3O7S/c1-22(2,3)35-21(29)27-14-5-6-17(12-15-27)34-19-7-4-13-23(24,25)20(19)26-36(32,33)18-10-8-16(9-11-18)28(30)31/h8-11,17,19-20,26H,4-7,12-15H2,1-3H3/t17-,19+,20-/m1/s1. The fourth-order valence-electron chi connectivity index (χ4n) is 4.38. The lowest BCUT2D eigenvalue weighted by molar-refractivity contribution is -0.384. The van der Waals surface area contributed by atoms with Crippen LogP contribution in [0.4, 0.5) is 19.3 Å². The smallest absolute Gasteiger partial charge is 0.410 e. The molecule has 36 heavy (non-hydrogen) atoms. The summed E-state index contributed by atoms with van der Waals surface area (Å²) < 4.78 is 69.2. The van der Waals surface area contributed by atoms with Crippen molar-refractivity contribution in [3.05, 3.63) is 34.4 Å². The average Bonchev–Trinajstić information content (AvgIpc) is 3.00. The number of carbonyl (C=O) groups excluding carboxylic acids is 1. The van der Waals surface area contributed by atoms with Gasteiger partial charge in [0.1, 0.15) is 11.6 Å². The number of nitrogens with one attached hydrogen (secondary N) is 1. The van der Waals surface area contributed by atoms with E-state index in [1.54, 1.807) is 25.7 Å². The molecule has 3 atom stereocenters. The number of hydrogen-bond donors (Lipinski definition) is 1. The summed E-state index contributed by atoms with van der Waals surface area (Å²) in [4.78, 5) is 23.8. The minimum Gasteiger partial charge on any atom is -0.444 e. The molecule has 1 saturated carbocycles. The van der Waals surface area contributed by atoms with E-state index in [0.29, 0.717) is 32.4 Å². The zero-order chi connectivity index (χ0) is 26.7. The molecule has 202 valence electrons. The molecule has 0 radical (unpaired) electrons. The Bertz CT molecular complexity index is 1040. The molecule has 1 aromatic carbocycles. The number of non-ortho nitro benzene ring substituents is 1. The molecule has 0 spiro atoms. The van der Waals surface area contributed by atoms with E-state index in [1.807, 2.05) is 0 Å². The summed E-state index contributed by atoms with van der Waals surface area (Å²) in [5.74, 6) is -3.34. The van der Waals surface area contributed by atoms with Crippen LogP contribution >= 0.6 is 0 Å². The highest BCUT2D eigenvalue weighted by molar-refractivity contribution is 7.89. The molecule has 0 aromatic heterocycles. The number of benzene rings is 1. The Kier molecular flexibility index (Phi) is 8.56. The van der Waals surface area contributed by atoms with Crippen molar-refractivity contribution in [2.24, 2.45) is 0 Å². The SMILES string of the molecule is CC(C)(C)OC(=O)N1CCC[C@@H](O[C@H]2CCCC(F)(F)[C@@H]2NS(=O)(=O)c2ccc([N+](=O)[O-])cc2)CC1. The third-order valence-electron chi connectivity index (χ3n) is 6.16. The number of carbonyl (C=O) groups is 1. The highest BCUT2D eigenvalue weighted by atomic mass is 32.2. The summed E-state index contributed by atoms with van der Waals surface area (Å²) in [7, 11) is -4.39. The van der Waals surface area contributed by atoms with Crippen LogP contribution in [0.2, 0.25) is 0 Å². The maximum absolute atomic E-state index is 14.9. The Morgan fingerprint density at radius 1 is 1.14 bits per heavy atom. The van der Waals surface area contributed by atoms with Gasteiger partial charge in [0.05, 0.1) is 22.0 Å². The number of sulfonamides is 1. The molecule has 10 nitrogen and oxygen atoms in total. The van der Waals surface area contributed by atoms with E-state index in [0.717, 1.165) is 24.3 Å². The first-order chi connectivity index (χ1) is 16.7. The van der Waals surface area contributed by atoms with Crippen LogP contribution < -0.4 is 4.72 Å². The molecule has 3 rings (SSSR count). The quantitative estimate of drug-likeness (QED) is 0.428. The maximum Gasteiger partial charge on any atom is 0.410 e. The Hall–Kier alpha value is -2.38. The van der Waals surface area contributed by atoms with Crippen LogP contribution in [-0.4, -0.2) is 67.2 Å². The van der Waals surface area contributed by atoms with E-state index in [-0.39, 0.29) is 23.4 Å². The van der Waals surface area contributed by atoms with Gasteiger partial charge in [-0.3, -0.25) is 10.1 Å². The summed E-state index contributed by atoms with van der Waals surface area (Å²) in [5.41, 5.74) is -0.951. The molecular weight excluding hydrogens is 500 g/mol. The third-order valence-corrected chi connectivity index (χ3v) is 7.62. The van der Waals surface area contributed by atoms with E-state index in [4.69, 9.17) is 9.47 Å². The van der Waals surface area contributed by atoms with E-state index in [2.05, 4.69) is 4.72 Å². The van der Waals surface area contributed by atoms with E-state index >= 15 is 0 Å². The number of likely N-dealkylation sites (tertiary alicyclic amines) is 1. The van der Waals surface area contributed by atoms with Crippen LogP contribution in [-0.2, 0) is 19.5 Å². The molecule has 0 bridgehead atoms. The van der Waals surface area contributed by atoms with Crippen molar-refractivity contribution < 1.29 is 36.4 Å². The Morgan fingerprint density at radius 2 is 1.81 bits per heavy atom. The molecule has 1 aliphatic carbocycles. The molecule has 2 aliphatic rings. The fraction of sp³-hybridized carbons (Fsp3) is 0.696. The van der Waals surface area contributed by atoms with Crippen LogP contribution in [0.15, 0.2) is 29.2 Å². The molecule has 2 fully saturated rings. The zero-order valence-electron chi connectivity index (χ0n) is 20.6. The zero-order valence-corrected chi connectivity index (χ0v) is 21.4. The number of rotatable bonds is 6. The topological polar surface area (TPSA) is 128 Å². The second-order valence-electron chi connectivity index (χ2n) is 10.2. The number of nitro benzene ring substituents is 1. The van der Waals surface area contributed by atoms with Crippen molar-refractivity contribution in [2.45, 2.75) is 94.0 Å². The van der Waals surface area contributed by atoms with Gasteiger partial charge in [0.2, 0.25) is 10.0 Å². The second kappa shape index (κ2) is 10.9. The van der Waals surface area contributed by atoms with Crippen molar-refractivity contribution in [3.8, 4) is 0 Å². The van der Waals surface area contributed by atoms with Gasteiger partial charge in [-0.2, -0.15) is 4.72 Å². The Morgan fingerprint density at radius 3 is 2.42 bits per heavy atom. The van der Waals surface area contributed by atoms with Gasteiger partial charge >= 0.3 is 6.09 Å². The van der Waals surface area contributed by atoms with E-state index < -0.39 is 57.2 Å². The lowest BCUT2D eigenvalue weighted by Gasteiger charge is -2.39. The molecule has 1 heterocycles. The molecule has 1 aromatic rings. The second-order valence-corrected chi connectivity index (χ2v) is 11.9. The largest absolute Gasteiger partial charge is 0.444 e. The monoisotopic (exact) mass is 533 g/mol. The molecule has 1 saturated heterocycles. The molecular formula is C23H33F2N3O7S.